The summed E-state index contributed by atoms with van der Waals surface area (Å²) >= 11 is 16.7. The Kier molecular flexibility index (Phi) is 19.6. The molecule has 0 saturated carbocycles. The van der Waals surface area contributed by atoms with Gasteiger partial charge < -0.3 is 25.4 Å². The Morgan fingerprint density at radius 3 is 1.63 bits per heavy atom. The topological polar surface area (TPSA) is 190 Å². The van der Waals surface area contributed by atoms with Gasteiger partial charge in [-0.05, 0) is 38.1 Å². The minimum atomic E-state index is -1.26. The number of ether oxygens (including phenoxy) is 2. The Morgan fingerprint density at radius 2 is 1.16 bits per heavy atom. The van der Waals surface area contributed by atoms with Crippen molar-refractivity contribution in [2.24, 2.45) is 0 Å². The highest BCUT2D eigenvalue weighted by Gasteiger charge is 2.27. The molecular weight excluding hydrogens is 735 g/mol. The quantitative estimate of drug-likeness (QED) is 0.0366. The van der Waals surface area contributed by atoms with Gasteiger partial charge in [0.25, 0.3) is 11.8 Å². The summed E-state index contributed by atoms with van der Waals surface area (Å²) in [6.07, 6.45) is 0. The summed E-state index contributed by atoms with van der Waals surface area (Å²) in [5.74, 6) is -2.46. The number of thiol groups is 4. The summed E-state index contributed by atoms with van der Waals surface area (Å²) in [7, 11) is 0. The lowest BCUT2D eigenvalue weighted by Crippen LogP contribution is -2.47. The van der Waals surface area contributed by atoms with Crippen LogP contribution in [0.4, 0.5) is 11.4 Å². The molecule has 0 radical (unpaired) electrons. The molecule has 49 heavy (non-hydrogen) atoms. The molecule has 0 heterocycles. The first kappa shape index (κ1) is 42.3. The van der Waals surface area contributed by atoms with Crippen LogP contribution in [0.2, 0.25) is 0 Å². The van der Waals surface area contributed by atoms with E-state index in [1.165, 1.54) is 12.1 Å². The minimum Gasteiger partial charge on any atom is -0.464 e. The third-order valence-corrected chi connectivity index (χ3v) is 8.58. The summed E-state index contributed by atoms with van der Waals surface area (Å²) in [6, 6.07) is 8.93. The van der Waals surface area contributed by atoms with Crippen LogP contribution in [-0.2, 0) is 33.5 Å². The molecule has 2 unspecified atom stereocenters. The van der Waals surface area contributed by atoms with E-state index in [2.05, 4.69) is 76.7 Å². The van der Waals surface area contributed by atoms with Gasteiger partial charge in [-0.3, -0.25) is 28.7 Å². The lowest BCUT2D eigenvalue weighted by Gasteiger charge is -2.21. The number of esters is 2. The Hall–Kier alpha value is -2.91. The maximum atomic E-state index is 13.5. The molecule has 0 saturated heterocycles. The van der Waals surface area contributed by atoms with Crippen LogP contribution in [0.3, 0.4) is 0 Å². The van der Waals surface area contributed by atoms with E-state index in [1.54, 1.807) is 50.2 Å². The highest BCUT2D eigenvalue weighted by molar-refractivity contribution is 7.98. The highest BCUT2D eigenvalue weighted by Crippen LogP contribution is 2.24. The average molecular weight is 774 g/mol. The van der Waals surface area contributed by atoms with Crippen LogP contribution in [-0.4, -0.2) is 95.2 Å². The number of carbonyl (C=O) groups excluding carboxylic acids is 6. The average Bonchev–Trinajstić information content (AvgIpc) is 3.07. The Bertz CT molecular complexity index is 1350. The fourth-order valence-corrected chi connectivity index (χ4v) is 5.99. The van der Waals surface area contributed by atoms with Crippen molar-refractivity contribution in [1.82, 2.24) is 20.8 Å². The molecule has 0 aromatic heterocycles. The number of anilines is 2. The van der Waals surface area contributed by atoms with Crippen LogP contribution in [0.1, 0.15) is 34.6 Å². The number of hydrogen-bond donors (Lipinski definition) is 9. The number of para-hydroxylation sites is 2. The third kappa shape index (κ3) is 14.1. The van der Waals surface area contributed by atoms with Crippen molar-refractivity contribution in [2.45, 2.75) is 38.0 Å². The van der Waals surface area contributed by atoms with Gasteiger partial charge in [-0.1, -0.05) is 36.2 Å². The van der Waals surface area contributed by atoms with Gasteiger partial charge in [0.2, 0.25) is 10.2 Å². The van der Waals surface area contributed by atoms with Crippen LogP contribution in [0.5, 0.6) is 0 Å². The number of carbonyl (C=O) groups is 6. The number of hydroxylamine groups is 1. The third-order valence-electron chi connectivity index (χ3n) is 6.28. The van der Waals surface area contributed by atoms with E-state index < -0.39 is 58.2 Å². The fourth-order valence-electron chi connectivity index (χ4n) is 3.82. The summed E-state index contributed by atoms with van der Waals surface area (Å²) in [4.78, 5) is 80.8. The monoisotopic (exact) mass is 773 g/mol. The second-order valence-corrected chi connectivity index (χ2v) is 12.2. The Balaban J connectivity index is 2.26. The maximum absolute atomic E-state index is 13.5. The van der Waals surface area contributed by atoms with Gasteiger partial charge in [-0.15, -0.1) is 25.3 Å². The van der Waals surface area contributed by atoms with Crippen molar-refractivity contribution in [3.05, 3.63) is 59.7 Å². The second kappa shape index (κ2) is 22.7. The van der Waals surface area contributed by atoms with Crippen molar-refractivity contribution < 1.29 is 43.1 Å². The van der Waals surface area contributed by atoms with E-state index in [-0.39, 0.29) is 53.9 Å². The molecular formula is C30H39N5O9S5. The molecule has 19 heteroatoms. The first-order valence-electron chi connectivity index (χ1n) is 14.8. The largest absolute Gasteiger partial charge is 0.464 e. The van der Waals surface area contributed by atoms with E-state index in [9.17, 15) is 28.8 Å². The Labute approximate surface area is 310 Å². The molecule has 14 nitrogen and oxygen atoms in total. The second-order valence-electron chi connectivity index (χ2n) is 9.78. The lowest BCUT2D eigenvalue weighted by atomic mass is 10.1. The van der Waals surface area contributed by atoms with Gasteiger partial charge in [-0.25, -0.2) is 9.59 Å². The smallest absolute Gasteiger partial charge is 0.331 e. The molecule has 5 N–H and O–H groups in total. The molecule has 0 aliphatic rings. The SMILES string of the molecule is CCOC(=O)C(CON[C@@H](CS)C(=O)S)NC(=O)c1ccccc1Nc1ccccc1C(=O)NC(CSN[C@@H](CS)C(=O)S)C(=O)OCC. The van der Waals surface area contributed by atoms with Crippen LogP contribution in [0, 0.1) is 0 Å². The minimum absolute atomic E-state index is 0.0234. The Morgan fingerprint density at radius 1 is 0.694 bits per heavy atom. The first-order valence-corrected chi connectivity index (χ1v) is 17.9. The standard InChI is InChI=1S/C30H39N5O9S5/c1-3-42-27(38)21(13-44-34-22(14-45)29(40)47)32-25(36)17-9-5-7-11-19(17)31-20-12-8-6-10-18(20)26(37)33-24(28(39)43-4-2)16-49-35-23(15-46)30(41)48/h5-12,21-24,31,34-35,45-46H,3-4,13-16H2,1-2H3,(H,32,36)(H,33,37)(H,40,47)(H,41,48)/t21?,22-,23-,24?/m0/s1. The zero-order chi connectivity index (χ0) is 36.3. The summed E-state index contributed by atoms with van der Waals surface area (Å²) in [5.41, 5.74) is 3.30. The lowest BCUT2D eigenvalue weighted by molar-refractivity contribution is -0.148. The molecule has 2 amide bonds. The van der Waals surface area contributed by atoms with Crippen LogP contribution in [0.15, 0.2) is 48.5 Å². The van der Waals surface area contributed by atoms with E-state index in [4.69, 9.17) is 14.3 Å². The fraction of sp³-hybridized carbons (Fsp3) is 0.400. The zero-order valence-corrected chi connectivity index (χ0v) is 30.9. The van der Waals surface area contributed by atoms with Crippen LogP contribution >= 0.6 is 62.5 Å². The molecule has 0 fully saturated rings. The van der Waals surface area contributed by atoms with Gasteiger partial charge in [0.05, 0.1) is 48.4 Å². The van der Waals surface area contributed by atoms with Crippen molar-refractivity contribution in [1.29, 1.82) is 0 Å². The summed E-state index contributed by atoms with van der Waals surface area (Å²) in [6.45, 7) is 2.98. The predicted molar refractivity (Wildman–Crippen MR) is 200 cm³/mol. The molecule has 2 aromatic rings. The zero-order valence-electron chi connectivity index (χ0n) is 26.5. The molecule has 0 bridgehead atoms. The molecule has 268 valence electrons. The number of rotatable bonds is 22. The molecule has 2 aromatic carbocycles. The van der Waals surface area contributed by atoms with Crippen LogP contribution in [0.25, 0.3) is 0 Å². The molecule has 2 rings (SSSR count). The van der Waals surface area contributed by atoms with Crippen molar-refractivity contribution in [3.8, 4) is 0 Å². The summed E-state index contributed by atoms with van der Waals surface area (Å²) < 4.78 is 13.1. The number of hydrogen-bond acceptors (Lipinski definition) is 15. The van der Waals surface area contributed by atoms with Gasteiger partial charge in [0.15, 0.2) is 6.04 Å². The van der Waals surface area contributed by atoms with Gasteiger partial charge >= 0.3 is 11.9 Å². The van der Waals surface area contributed by atoms with E-state index in [0.717, 1.165) is 11.9 Å². The van der Waals surface area contributed by atoms with Gasteiger partial charge in [0, 0.05) is 17.3 Å². The summed E-state index contributed by atoms with van der Waals surface area (Å²) in [5, 5.41) is 7.38. The first-order chi connectivity index (χ1) is 23.5. The normalized spacial score (nSPS) is 13.3. The van der Waals surface area contributed by atoms with Crippen LogP contribution < -0.4 is 26.2 Å². The van der Waals surface area contributed by atoms with Gasteiger partial charge in [-0.2, -0.15) is 30.7 Å². The van der Waals surface area contributed by atoms with Crippen molar-refractivity contribution in [2.75, 3.05) is 42.4 Å². The molecule has 0 aliphatic carbocycles. The van der Waals surface area contributed by atoms with Crippen molar-refractivity contribution in [3.63, 3.8) is 0 Å². The van der Waals surface area contributed by atoms with E-state index >= 15 is 0 Å². The van der Waals surface area contributed by atoms with E-state index in [0.29, 0.717) is 5.69 Å². The molecule has 0 spiro atoms. The molecule has 4 atom stereocenters. The molecule has 0 aliphatic heterocycles. The van der Waals surface area contributed by atoms with Crippen molar-refractivity contribution >= 4 is 108 Å². The predicted octanol–water partition coefficient (Wildman–Crippen LogP) is 2.02. The number of nitrogens with one attached hydrogen (secondary N) is 5. The number of amides is 2. The maximum Gasteiger partial charge on any atom is 0.331 e. The van der Waals surface area contributed by atoms with Gasteiger partial charge in [0.1, 0.15) is 12.1 Å². The highest BCUT2D eigenvalue weighted by atomic mass is 32.2. The number of benzene rings is 2. The van der Waals surface area contributed by atoms with E-state index in [1.807, 2.05) is 0 Å².